The molecule has 0 aliphatic carbocycles. The van der Waals surface area contributed by atoms with Crippen molar-refractivity contribution in [2.24, 2.45) is 7.05 Å². The van der Waals surface area contributed by atoms with Crippen LogP contribution in [0.25, 0.3) is 0 Å². The van der Waals surface area contributed by atoms with E-state index in [-0.39, 0.29) is 0 Å². The number of hydrogen-bond donors (Lipinski definition) is 1. The first-order valence-corrected chi connectivity index (χ1v) is 8.50. The number of piperidine rings is 1. The standard InChI is InChI=1S/C19H25N3O2/c1-13-18(14(2)21(3)20-13)12-22-10-4-5-17(11-22)15-6-8-16(9-7-15)19(23)24/h6-9,17H,4-5,10-12H2,1-3H3,(H,23,24)/t17-/m0/s1. The molecular weight excluding hydrogens is 302 g/mol. The third-order valence-corrected chi connectivity index (χ3v) is 5.18. The molecule has 0 bridgehead atoms. The maximum atomic E-state index is 11.0. The number of carbonyl (C=O) groups is 1. The number of benzene rings is 1. The summed E-state index contributed by atoms with van der Waals surface area (Å²) in [6.45, 7) is 7.27. The van der Waals surface area contributed by atoms with E-state index in [9.17, 15) is 4.79 Å². The second kappa shape index (κ2) is 6.77. The number of rotatable bonds is 4. The lowest BCUT2D eigenvalue weighted by Gasteiger charge is -2.33. The van der Waals surface area contributed by atoms with Crippen molar-refractivity contribution in [3.05, 3.63) is 52.3 Å². The minimum atomic E-state index is -0.866. The van der Waals surface area contributed by atoms with Crippen molar-refractivity contribution in [1.82, 2.24) is 14.7 Å². The van der Waals surface area contributed by atoms with E-state index in [1.165, 1.54) is 23.2 Å². The first-order valence-electron chi connectivity index (χ1n) is 8.50. The number of carboxylic acid groups (broad SMARTS) is 1. The van der Waals surface area contributed by atoms with Gasteiger partial charge in [0.25, 0.3) is 0 Å². The SMILES string of the molecule is Cc1nn(C)c(C)c1CN1CCC[C@H](c2ccc(C(=O)O)cc2)C1. The van der Waals surface area contributed by atoms with Crippen LogP contribution < -0.4 is 0 Å². The zero-order chi connectivity index (χ0) is 17.3. The Bertz CT molecular complexity index is 734. The number of likely N-dealkylation sites (tertiary alicyclic amines) is 1. The zero-order valence-corrected chi connectivity index (χ0v) is 14.6. The van der Waals surface area contributed by atoms with Gasteiger partial charge >= 0.3 is 5.97 Å². The first-order chi connectivity index (χ1) is 11.5. The first kappa shape index (κ1) is 16.7. The Hall–Kier alpha value is -2.14. The predicted molar refractivity (Wildman–Crippen MR) is 93.3 cm³/mol. The molecule has 3 rings (SSSR count). The zero-order valence-electron chi connectivity index (χ0n) is 14.6. The highest BCUT2D eigenvalue weighted by Gasteiger charge is 2.23. The molecule has 1 atom stereocenters. The fraction of sp³-hybridized carbons (Fsp3) is 0.474. The molecule has 0 amide bonds. The molecule has 2 heterocycles. The van der Waals surface area contributed by atoms with Gasteiger partial charge in [-0.05, 0) is 56.8 Å². The molecule has 0 spiro atoms. The molecule has 1 saturated heterocycles. The molecule has 1 aliphatic heterocycles. The molecule has 128 valence electrons. The van der Waals surface area contributed by atoms with E-state index in [1.807, 2.05) is 23.9 Å². The molecule has 1 aliphatic rings. The minimum absolute atomic E-state index is 0.355. The van der Waals surface area contributed by atoms with Crippen LogP contribution in [0, 0.1) is 13.8 Å². The highest BCUT2D eigenvalue weighted by atomic mass is 16.4. The van der Waals surface area contributed by atoms with Crippen molar-refractivity contribution in [1.29, 1.82) is 0 Å². The molecule has 0 radical (unpaired) electrons. The lowest BCUT2D eigenvalue weighted by molar-refractivity contribution is 0.0697. The van der Waals surface area contributed by atoms with Crippen molar-refractivity contribution < 1.29 is 9.90 Å². The van der Waals surface area contributed by atoms with Gasteiger partial charge in [-0.25, -0.2) is 4.79 Å². The Balaban J connectivity index is 1.71. The third kappa shape index (κ3) is 3.36. The topological polar surface area (TPSA) is 58.4 Å². The Morgan fingerprint density at radius 1 is 1.29 bits per heavy atom. The van der Waals surface area contributed by atoms with Crippen molar-refractivity contribution in [2.45, 2.75) is 39.2 Å². The molecule has 5 nitrogen and oxygen atoms in total. The average Bonchev–Trinajstić information content (AvgIpc) is 2.81. The van der Waals surface area contributed by atoms with Crippen LogP contribution in [-0.2, 0) is 13.6 Å². The van der Waals surface area contributed by atoms with Crippen LogP contribution in [0.15, 0.2) is 24.3 Å². The number of aromatic nitrogens is 2. The molecule has 1 aromatic heterocycles. The molecule has 2 aromatic rings. The number of hydrogen-bond acceptors (Lipinski definition) is 3. The monoisotopic (exact) mass is 327 g/mol. The van der Waals surface area contributed by atoms with Gasteiger partial charge in [-0.1, -0.05) is 12.1 Å². The highest BCUT2D eigenvalue weighted by Crippen LogP contribution is 2.28. The largest absolute Gasteiger partial charge is 0.478 e. The Morgan fingerprint density at radius 3 is 2.58 bits per heavy atom. The van der Waals surface area contributed by atoms with Crippen LogP contribution in [0.4, 0.5) is 0 Å². The number of aryl methyl sites for hydroxylation is 2. The van der Waals surface area contributed by atoms with E-state index < -0.39 is 5.97 Å². The van der Waals surface area contributed by atoms with Gasteiger partial charge in [0.15, 0.2) is 0 Å². The maximum Gasteiger partial charge on any atom is 0.335 e. The van der Waals surface area contributed by atoms with Gasteiger partial charge < -0.3 is 5.11 Å². The van der Waals surface area contributed by atoms with E-state index in [4.69, 9.17) is 5.11 Å². The van der Waals surface area contributed by atoms with E-state index in [2.05, 4.69) is 23.8 Å². The molecule has 0 unspecified atom stereocenters. The summed E-state index contributed by atoms with van der Waals surface area (Å²) in [4.78, 5) is 13.5. The summed E-state index contributed by atoms with van der Waals surface area (Å²) < 4.78 is 1.96. The Labute approximate surface area is 142 Å². The van der Waals surface area contributed by atoms with Gasteiger partial charge in [-0.15, -0.1) is 0 Å². The van der Waals surface area contributed by atoms with Gasteiger partial charge in [-0.3, -0.25) is 9.58 Å². The maximum absolute atomic E-state index is 11.0. The van der Waals surface area contributed by atoms with Gasteiger partial charge in [0.05, 0.1) is 11.3 Å². The molecule has 5 heteroatoms. The molecule has 1 fully saturated rings. The Kier molecular flexibility index (Phi) is 4.71. The normalized spacial score (nSPS) is 18.7. The van der Waals surface area contributed by atoms with E-state index in [1.54, 1.807) is 12.1 Å². The number of nitrogens with zero attached hydrogens (tertiary/aromatic N) is 3. The summed E-state index contributed by atoms with van der Waals surface area (Å²) in [6.07, 6.45) is 2.33. The van der Waals surface area contributed by atoms with Crippen LogP contribution in [0.2, 0.25) is 0 Å². The minimum Gasteiger partial charge on any atom is -0.478 e. The molecule has 1 N–H and O–H groups in total. The third-order valence-electron chi connectivity index (χ3n) is 5.18. The second-order valence-electron chi connectivity index (χ2n) is 6.77. The van der Waals surface area contributed by atoms with Crippen molar-refractivity contribution in [3.63, 3.8) is 0 Å². The summed E-state index contributed by atoms with van der Waals surface area (Å²) in [5, 5.41) is 13.5. The highest BCUT2D eigenvalue weighted by molar-refractivity contribution is 5.87. The molecule has 0 saturated carbocycles. The molecule has 1 aromatic carbocycles. The summed E-state index contributed by atoms with van der Waals surface area (Å²) in [6, 6.07) is 7.37. The molecule has 24 heavy (non-hydrogen) atoms. The van der Waals surface area contributed by atoms with Gasteiger partial charge in [0, 0.05) is 31.4 Å². The number of carboxylic acids is 1. The smallest absolute Gasteiger partial charge is 0.335 e. The summed E-state index contributed by atoms with van der Waals surface area (Å²) in [5.74, 6) is -0.395. The lowest BCUT2D eigenvalue weighted by atomic mass is 9.90. The average molecular weight is 327 g/mol. The van der Waals surface area contributed by atoms with Crippen LogP contribution in [-0.4, -0.2) is 38.8 Å². The van der Waals surface area contributed by atoms with E-state index >= 15 is 0 Å². The molecular formula is C19H25N3O2. The summed E-state index contributed by atoms with van der Waals surface area (Å²) in [7, 11) is 1.99. The van der Waals surface area contributed by atoms with E-state index in [0.29, 0.717) is 11.5 Å². The van der Waals surface area contributed by atoms with Gasteiger partial charge in [0.2, 0.25) is 0 Å². The fourth-order valence-electron chi connectivity index (χ4n) is 3.64. The second-order valence-corrected chi connectivity index (χ2v) is 6.77. The predicted octanol–water partition coefficient (Wildman–Crippen LogP) is 3.11. The van der Waals surface area contributed by atoms with Crippen molar-refractivity contribution >= 4 is 5.97 Å². The van der Waals surface area contributed by atoms with Crippen LogP contribution in [0.3, 0.4) is 0 Å². The van der Waals surface area contributed by atoms with Crippen LogP contribution >= 0.6 is 0 Å². The summed E-state index contributed by atoms with van der Waals surface area (Å²) >= 11 is 0. The fourth-order valence-corrected chi connectivity index (χ4v) is 3.64. The Morgan fingerprint density at radius 2 is 2.00 bits per heavy atom. The number of aromatic carboxylic acids is 1. The lowest BCUT2D eigenvalue weighted by Crippen LogP contribution is -2.34. The van der Waals surface area contributed by atoms with Crippen molar-refractivity contribution in [2.75, 3.05) is 13.1 Å². The quantitative estimate of drug-likeness (QED) is 0.937. The van der Waals surface area contributed by atoms with E-state index in [0.717, 1.165) is 31.7 Å². The van der Waals surface area contributed by atoms with Crippen LogP contribution in [0.5, 0.6) is 0 Å². The van der Waals surface area contributed by atoms with Gasteiger partial charge in [-0.2, -0.15) is 5.10 Å². The van der Waals surface area contributed by atoms with Crippen LogP contribution in [0.1, 0.15) is 51.6 Å². The summed E-state index contributed by atoms with van der Waals surface area (Å²) in [5.41, 5.74) is 5.28. The van der Waals surface area contributed by atoms with Crippen molar-refractivity contribution in [3.8, 4) is 0 Å². The van der Waals surface area contributed by atoms with Gasteiger partial charge in [0.1, 0.15) is 0 Å².